The van der Waals surface area contributed by atoms with Crippen molar-refractivity contribution < 1.29 is 14.1 Å². The van der Waals surface area contributed by atoms with Gasteiger partial charge in [0.05, 0.1) is 22.1 Å². The minimum atomic E-state index is -0.446. The molecular formula is C27H19N3O4S. The van der Waals surface area contributed by atoms with Crippen molar-refractivity contribution in [2.75, 3.05) is 0 Å². The number of nitro benzene ring substituents is 1. The van der Waals surface area contributed by atoms with Gasteiger partial charge in [0.15, 0.2) is 5.17 Å². The topological polar surface area (TPSA) is 88.9 Å². The molecule has 0 radical (unpaired) electrons. The SMILES string of the molecule is O=C1/C(=C\c2ccc(-c3cccc([N+](=O)[O-])c3)o2)SC(=Nc2ccccc2)N1Cc1ccccc1. The number of para-hydroxylation sites is 1. The molecule has 0 bridgehead atoms. The highest BCUT2D eigenvalue weighted by Crippen LogP contribution is 2.36. The van der Waals surface area contributed by atoms with Gasteiger partial charge in [-0.3, -0.25) is 19.8 Å². The number of amides is 1. The number of carbonyl (C=O) groups excluding carboxylic acids is 1. The third-order valence-electron chi connectivity index (χ3n) is 5.29. The summed E-state index contributed by atoms with van der Waals surface area (Å²) in [5, 5.41) is 11.7. The first-order valence-corrected chi connectivity index (χ1v) is 11.6. The Morgan fingerprint density at radius 3 is 2.43 bits per heavy atom. The van der Waals surface area contributed by atoms with Crippen molar-refractivity contribution in [2.24, 2.45) is 4.99 Å². The molecule has 0 aliphatic carbocycles. The minimum absolute atomic E-state index is 0.0151. The van der Waals surface area contributed by atoms with Gasteiger partial charge in [0, 0.05) is 23.8 Å². The van der Waals surface area contributed by atoms with E-state index in [0.29, 0.717) is 33.7 Å². The number of hydrogen-bond acceptors (Lipinski definition) is 6. The van der Waals surface area contributed by atoms with Crippen LogP contribution in [0.3, 0.4) is 0 Å². The molecule has 8 heteroatoms. The summed E-state index contributed by atoms with van der Waals surface area (Å²) in [6.07, 6.45) is 1.68. The van der Waals surface area contributed by atoms with Crippen LogP contribution in [0.25, 0.3) is 17.4 Å². The van der Waals surface area contributed by atoms with Crippen molar-refractivity contribution in [1.82, 2.24) is 4.90 Å². The Labute approximate surface area is 205 Å². The van der Waals surface area contributed by atoms with Crippen LogP contribution >= 0.6 is 11.8 Å². The highest BCUT2D eigenvalue weighted by Gasteiger charge is 2.33. The van der Waals surface area contributed by atoms with Gasteiger partial charge in [-0.15, -0.1) is 0 Å². The molecular weight excluding hydrogens is 462 g/mol. The Kier molecular flexibility index (Phi) is 6.28. The number of carbonyl (C=O) groups is 1. The van der Waals surface area contributed by atoms with Crippen LogP contribution in [-0.2, 0) is 11.3 Å². The van der Waals surface area contributed by atoms with Crippen molar-refractivity contribution >= 4 is 40.3 Å². The van der Waals surface area contributed by atoms with Gasteiger partial charge in [0.1, 0.15) is 11.5 Å². The second-order valence-corrected chi connectivity index (χ2v) is 8.74. The first kappa shape index (κ1) is 22.4. The molecule has 35 heavy (non-hydrogen) atoms. The lowest BCUT2D eigenvalue weighted by Crippen LogP contribution is -2.28. The maximum Gasteiger partial charge on any atom is 0.270 e. The number of benzene rings is 3. The van der Waals surface area contributed by atoms with Crippen LogP contribution in [0.15, 0.2) is 111 Å². The molecule has 1 amide bonds. The van der Waals surface area contributed by atoms with Crippen molar-refractivity contribution in [3.8, 4) is 11.3 Å². The first-order chi connectivity index (χ1) is 17.1. The van der Waals surface area contributed by atoms with E-state index < -0.39 is 4.92 Å². The van der Waals surface area contributed by atoms with E-state index in [2.05, 4.69) is 0 Å². The molecule has 1 aliphatic heterocycles. The number of nitro groups is 1. The summed E-state index contributed by atoms with van der Waals surface area (Å²) in [7, 11) is 0. The van der Waals surface area contributed by atoms with Gasteiger partial charge in [-0.1, -0.05) is 60.7 Å². The van der Waals surface area contributed by atoms with E-state index in [4.69, 9.17) is 9.41 Å². The smallest absolute Gasteiger partial charge is 0.270 e. The zero-order chi connectivity index (χ0) is 24.2. The number of aliphatic imine (C=N–C) groups is 1. The molecule has 1 aromatic heterocycles. The molecule has 0 saturated carbocycles. The van der Waals surface area contributed by atoms with Crippen molar-refractivity contribution in [1.29, 1.82) is 0 Å². The number of amidine groups is 1. The van der Waals surface area contributed by atoms with E-state index in [0.717, 1.165) is 11.3 Å². The van der Waals surface area contributed by atoms with Crippen molar-refractivity contribution in [3.05, 3.63) is 123 Å². The summed E-state index contributed by atoms with van der Waals surface area (Å²) in [6.45, 7) is 0.396. The zero-order valence-corrected chi connectivity index (χ0v) is 19.2. The lowest BCUT2D eigenvalue weighted by molar-refractivity contribution is -0.384. The average molecular weight is 482 g/mol. The number of non-ortho nitro benzene ring substituents is 1. The Balaban J connectivity index is 1.45. The van der Waals surface area contributed by atoms with E-state index in [-0.39, 0.29) is 11.6 Å². The van der Waals surface area contributed by atoms with E-state index in [1.165, 1.54) is 23.9 Å². The van der Waals surface area contributed by atoms with Crippen LogP contribution in [0.1, 0.15) is 11.3 Å². The quantitative estimate of drug-likeness (QED) is 0.175. The minimum Gasteiger partial charge on any atom is -0.457 e. The van der Waals surface area contributed by atoms with Crippen LogP contribution in [0, 0.1) is 10.1 Å². The van der Waals surface area contributed by atoms with Crippen LogP contribution in [0.2, 0.25) is 0 Å². The monoisotopic (exact) mass is 481 g/mol. The standard InChI is InChI=1S/C27H19N3O4S/c31-26-25(17-23-14-15-24(34-23)20-10-7-13-22(16-20)30(32)33)35-27(28-21-11-5-2-6-12-21)29(26)18-19-8-3-1-4-9-19/h1-17H,18H2/b25-17+,28-27?. The molecule has 2 heterocycles. The second-order valence-electron chi connectivity index (χ2n) is 7.73. The maximum atomic E-state index is 13.4. The predicted molar refractivity (Wildman–Crippen MR) is 137 cm³/mol. The highest BCUT2D eigenvalue weighted by atomic mass is 32.2. The van der Waals surface area contributed by atoms with Crippen LogP contribution < -0.4 is 0 Å². The molecule has 3 aromatic carbocycles. The van der Waals surface area contributed by atoms with E-state index >= 15 is 0 Å². The van der Waals surface area contributed by atoms with Gasteiger partial charge in [-0.25, -0.2) is 4.99 Å². The molecule has 1 aliphatic rings. The summed E-state index contributed by atoms with van der Waals surface area (Å²) in [5.74, 6) is 0.792. The van der Waals surface area contributed by atoms with E-state index in [1.807, 2.05) is 60.7 Å². The first-order valence-electron chi connectivity index (χ1n) is 10.8. The van der Waals surface area contributed by atoms with Gasteiger partial charge in [-0.05, 0) is 41.6 Å². The fourth-order valence-electron chi connectivity index (χ4n) is 3.60. The maximum absolute atomic E-state index is 13.4. The Hall–Kier alpha value is -4.43. The third kappa shape index (κ3) is 5.07. The van der Waals surface area contributed by atoms with Crippen LogP contribution in [-0.4, -0.2) is 20.9 Å². The fraction of sp³-hybridized carbons (Fsp3) is 0.0370. The summed E-state index contributed by atoms with van der Waals surface area (Å²) < 4.78 is 5.90. The Bertz CT molecular complexity index is 1450. The summed E-state index contributed by atoms with van der Waals surface area (Å²) >= 11 is 1.29. The van der Waals surface area contributed by atoms with Crippen LogP contribution in [0.4, 0.5) is 11.4 Å². The molecule has 7 nitrogen and oxygen atoms in total. The van der Waals surface area contributed by atoms with E-state index in [9.17, 15) is 14.9 Å². The predicted octanol–water partition coefficient (Wildman–Crippen LogP) is 6.66. The lowest BCUT2D eigenvalue weighted by atomic mass is 10.1. The molecule has 0 N–H and O–H groups in total. The molecule has 5 rings (SSSR count). The second kappa shape index (κ2) is 9.82. The number of rotatable bonds is 6. The van der Waals surface area contributed by atoms with Gasteiger partial charge < -0.3 is 4.42 Å². The highest BCUT2D eigenvalue weighted by molar-refractivity contribution is 8.18. The largest absolute Gasteiger partial charge is 0.457 e. The Morgan fingerprint density at radius 2 is 1.69 bits per heavy atom. The molecule has 0 unspecified atom stereocenters. The fourth-order valence-corrected chi connectivity index (χ4v) is 4.58. The molecule has 1 fully saturated rings. The molecule has 4 aromatic rings. The van der Waals surface area contributed by atoms with Gasteiger partial charge in [0.25, 0.3) is 11.6 Å². The number of hydrogen-bond donors (Lipinski definition) is 0. The molecule has 0 atom stereocenters. The molecule has 172 valence electrons. The van der Waals surface area contributed by atoms with Crippen LogP contribution in [0.5, 0.6) is 0 Å². The number of furan rings is 1. The Morgan fingerprint density at radius 1 is 0.943 bits per heavy atom. The van der Waals surface area contributed by atoms with E-state index in [1.54, 1.807) is 35.2 Å². The normalized spacial score (nSPS) is 15.8. The summed E-state index contributed by atoms with van der Waals surface area (Å²) in [6, 6.07) is 28.9. The average Bonchev–Trinajstić information content (AvgIpc) is 3.46. The molecule has 0 spiro atoms. The van der Waals surface area contributed by atoms with Gasteiger partial charge >= 0.3 is 0 Å². The summed E-state index contributed by atoms with van der Waals surface area (Å²) in [4.78, 5) is 30.8. The van der Waals surface area contributed by atoms with Gasteiger partial charge in [-0.2, -0.15) is 0 Å². The van der Waals surface area contributed by atoms with Crippen molar-refractivity contribution in [3.63, 3.8) is 0 Å². The van der Waals surface area contributed by atoms with Crippen molar-refractivity contribution in [2.45, 2.75) is 6.54 Å². The third-order valence-corrected chi connectivity index (χ3v) is 6.30. The lowest BCUT2D eigenvalue weighted by Gasteiger charge is -2.15. The molecule has 1 saturated heterocycles. The number of nitrogens with zero attached hydrogens (tertiary/aromatic N) is 3. The van der Waals surface area contributed by atoms with Gasteiger partial charge in [0.2, 0.25) is 0 Å². The number of thioether (sulfide) groups is 1. The zero-order valence-electron chi connectivity index (χ0n) is 18.4. The summed E-state index contributed by atoms with van der Waals surface area (Å²) in [5.41, 5.74) is 2.33.